The van der Waals surface area contributed by atoms with Crippen molar-refractivity contribution in [1.82, 2.24) is 5.32 Å². The zero-order valence-electron chi connectivity index (χ0n) is 13.2. The normalized spacial score (nSPS) is 25.9. The predicted octanol–water partition coefficient (Wildman–Crippen LogP) is 4.09. The molecule has 2 aliphatic rings. The molecule has 2 saturated carbocycles. The van der Waals surface area contributed by atoms with Gasteiger partial charge in [0.1, 0.15) is 5.82 Å². The first-order valence-corrected chi connectivity index (χ1v) is 8.38. The number of halogens is 1. The lowest BCUT2D eigenvalue weighted by atomic mass is 9.86. The van der Waals surface area contributed by atoms with Crippen LogP contribution in [0.25, 0.3) is 0 Å². The Morgan fingerprint density at radius 3 is 2.76 bits per heavy atom. The van der Waals surface area contributed by atoms with Gasteiger partial charge in [0.05, 0.1) is 0 Å². The van der Waals surface area contributed by atoms with E-state index in [-0.39, 0.29) is 5.82 Å². The number of hydrogen-bond acceptors (Lipinski definition) is 2. The lowest BCUT2D eigenvalue weighted by Gasteiger charge is -2.36. The fourth-order valence-electron chi connectivity index (χ4n) is 3.53. The largest absolute Gasteiger partial charge is 0.371 e. The van der Waals surface area contributed by atoms with Crippen molar-refractivity contribution in [1.29, 1.82) is 0 Å². The molecule has 3 rings (SSSR count). The van der Waals surface area contributed by atoms with E-state index < -0.39 is 0 Å². The number of benzene rings is 1. The molecule has 1 aromatic rings. The van der Waals surface area contributed by atoms with Crippen LogP contribution in [-0.4, -0.2) is 19.1 Å². The maximum Gasteiger partial charge on any atom is 0.123 e. The van der Waals surface area contributed by atoms with Gasteiger partial charge in [0, 0.05) is 31.4 Å². The number of anilines is 1. The van der Waals surface area contributed by atoms with Crippen LogP contribution in [0.5, 0.6) is 0 Å². The Hall–Kier alpha value is -1.09. The molecule has 3 heteroatoms. The summed E-state index contributed by atoms with van der Waals surface area (Å²) in [6, 6.07) is 6.50. The fourth-order valence-corrected chi connectivity index (χ4v) is 3.53. The van der Waals surface area contributed by atoms with Crippen molar-refractivity contribution in [3.05, 3.63) is 29.6 Å². The molecule has 21 heavy (non-hydrogen) atoms. The van der Waals surface area contributed by atoms with Crippen molar-refractivity contribution in [3.63, 3.8) is 0 Å². The van der Waals surface area contributed by atoms with E-state index in [4.69, 9.17) is 0 Å². The summed E-state index contributed by atoms with van der Waals surface area (Å²) in [5, 5.41) is 3.51. The van der Waals surface area contributed by atoms with Crippen LogP contribution in [0.1, 0.15) is 51.0 Å². The fraction of sp³-hybridized carbons (Fsp3) is 0.667. The molecule has 0 bridgehead atoms. The molecule has 0 radical (unpaired) electrons. The minimum atomic E-state index is -0.128. The van der Waals surface area contributed by atoms with Gasteiger partial charge in [-0.05, 0) is 55.4 Å². The monoisotopic (exact) mass is 290 g/mol. The zero-order chi connectivity index (χ0) is 14.8. The molecule has 0 aliphatic heterocycles. The molecule has 0 heterocycles. The van der Waals surface area contributed by atoms with Crippen LogP contribution in [0, 0.1) is 11.7 Å². The van der Waals surface area contributed by atoms with Crippen LogP contribution in [0.2, 0.25) is 0 Å². The van der Waals surface area contributed by atoms with E-state index >= 15 is 0 Å². The second-order valence-corrected chi connectivity index (χ2v) is 6.96. The SMILES string of the molecule is CC1CCCC(N(C)c2ccc(F)cc2CNC2CC2)C1. The molecular weight excluding hydrogens is 263 g/mol. The minimum absolute atomic E-state index is 0.128. The van der Waals surface area contributed by atoms with Crippen molar-refractivity contribution in [2.24, 2.45) is 5.92 Å². The van der Waals surface area contributed by atoms with E-state index in [1.807, 2.05) is 6.07 Å². The molecule has 2 atom stereocenters. The van der Waals surface area contributed by atoms with Gasteiger partial charge < -0.3 is 10.2 Å². The van der Waals surface area contributed by atoms with E-state index in [1.165, 1.54) is 44.2 Å². The lowest BCUT2D eigenvalue weighted by Crippen LogP contribution is -2.36. The summed E-state index contributed by atoms with van der Waals surface area (Å²) >= 11 is 0. The molecule has 0 spiro atoms. The third kappa shape index (κ3) is 3.76. The van der Waals surface area contributed by atoms with E-state index in [2.05, 4.69) is 24.2 Å². The van der Waals surface area contributed by atoms with Crippen LogP contribution < -0.4 is 10.2 Å². The highest BCUT2D eigenvalue weighted by atomic mass is 19.1. The third-order valence-electron chi connectivity index (χ3n) is 5.04. The van der Waals surface area contributed by atoms with Gasteiger partial charge in [0.15, 0.2) is 0 Å². The van der Waals surface area contributed by atoms with E-state index in [9.17, 15) is 4.39 Å². The second-order valence-electron chi connectivity index (χ2n) is 6.96. The van der Waals surface area contributed by atoms with Crippen LogP contribution in [0.3, 0.4) is 0 Å². The predicted molar refractivity (Wildman–Crippen MR) is 86.1 cm³/mol. The Labute approximate surface area is 127 Å². The molecule has 0 saturated heterocycles. The topological polar surface area (TPSA) is 15.3 Å². The quantitative estimate of drug-likeness (QED) is 0.878. The lowest BCUT2D eigenvalue weighted by molar-refractivity contribution is 0.336. The summed E-state index contributed by atoms with van der Waals surface area (Å²) in [6.07, 6.45) is 7.70. The van der Waals surface area contributed by atoms with E-state index in [1.54, 1.807) is 12.1 Å². The molecule has 1 N–H and O–H groups in total. The van der Waals surface area contributed by atoms with Gasteiger partial charge in [-0.25, -0.2) is 4.39 Å². The van der Waals surface area contributed by atoms with Crippen LogP contribution in [-0.2, 0) is 6.54 Å². The van der Waals surface area contributed by atoms with Gasteiger partial charge in [-0.3, -0.25) is 0 Å². The summed E-state index contributed by atoms with van der Waals surface area (Å²) < 4.78 is 13.6. The van der Waals surface area contributed by atoms with E-state index in [0.717, 1.165) is 18.0 Å². The standard InChI is InChI=1S/C18H27FN2/c1-13-4-3-5-17(10-13)21(2)18-9-6-15(19)11-14(18)12-20-16-7-8-16/h6,9,11,13,16-17,20H,3-5,7-8,10,12H2,1-2H3. The number of hydrogen-bond donors (Lipinski definition) is 1. The Morgan fingerprint density at radius 2 is 2.05 bits per heavy atom. The van der Waals surface area contributed by atoms with Crippen molar-refractivity contribution in [2.75, 3.05) is 11.9 Å². The van der Waals surface area contributed by atoms with Crippen LogP contribution >= 0.6 is 0 Å². The Balaban J connectivity index is 1.75. The highest BCUT2D eigenvalue weighted by Crippen LogP contribution is 2.32. The van der Waals surface area contributed by atoms with Gasteiger partial charge in [0.25, 0.3) is 0 Å². The van der Waals surface area contributed by atoms with E-state index in [0.29, 0.717) is 12.1 Å². The second kappa shape index (κ2) is 6.35. The van der Waals surface area contributed by atoms with Crippen LogP contribution in [0.4, 0.5) is 10.1 Å². The molecule has 116 valence electrons. The molecular formula is C18H27FN2. The number of nitrogens with one attached hydrogen (secondary N) is 1. The number of rotatable bonds is 5. The molecule has 2 fully saturated rings. The first-order valence-electron chi connectivity index (χ1n) is 8.38. The molecule has 2 nitrogen and oxygen atoms in total. The smallest absolute Gasteiger partial charge is 0.123 e. The van der Waals surface area contributed by atoms with Crippen molar-refractivity contribution < 1.29 is 4.39 Å². The van der Waals surface area contributed by atoms with Crippen molar-refractivity contribution in [3.8, 4) is 0 Å². The summed E-state index contributed by atoms with van der Waals surface area (Å²) in [7, 11) is 2.18. The Morgan fingerprint density at radius 1 is 1.24 bits per heavy atom. The van der Waals surface area contributed by atoms with Gasteiger partial charge >= 0.3 is 0 Å². The summed E-state index contributed by atoms with van der Waals surface area (Å²) in [6.45, 7) is 3.13. The molecule has 0 amide bonds. The summed E-state index contributed by atoms with van der Waals surface area (Å²) in [4.78, 5) is 2.39. The summed E-state index contributed by atoms with van der Waals surface area (Å²) in [5.74, 6) is 0.677. The highest BCUT2D eigenvalue weighted by Gasteiger charge is 2.25. The first kappa shape index (κ1) is 14.8. The molecule has 2 aliphatic carbocycles. The maximum atomic E-state index is 13.6. The van der Waals surface area contributed by atoms with Gasteiger partial charge in [0.2, 0.25) is 0 Å². The van der Waals surface area contributed by atoms with Gasteiger partial charge in [-0.1, -0.05) is 19.8 Å². The van der Waals surface area contributed by atoms with Gasteiger partial charge in [-0.2, -0.15) is 0 Å². The minimum Gasteiger partial charge on any atom is -0.371 e. The molecule has 2 unspecified atom stereocenters. The Bertz CT molecular complexity index is 484. The highest BCUT2D eigenvalue weighted by molar-refractivity contribution is 5.54. The average Bonchev–Trinajstić information content (AvgIpc) is 3.29. The maximum absolute atomic E-state index is 13.6. The third-order valence-corrected chi connectivity index (χ3v) is 5.04. The number of nitrogens with zero attached hydrogens (tertiary/aromatic N) is 1. The Kier molecular flexibility index (Phi) is 4.48. The van der Waals surface area contributed by atoms with Crippen molar-refractivity contribution in [2.45, 2.75) is 64.1 Å². The first-order chi connectivity index (χ1) is 10.1. The average molecular weight is 290 g/mol. The molecule has 1 aromatic carbocycles. The zero-order valence-corrected chi connectivity index (χ0v) is 13.2. The summed E-state index contributed by atoms with van der Waals surface area (Å²) in [5.41, 5.74) is 2.30. The molecule has 0 aromatic heterocycles. The van der Waals surface area contributed by atoms with Crippen LogP contribution in [0.15, 0.2) is 18.2 Å². The van der Waals surface area contributed by atoms with Crippen molar-refractivity contribution >= 4 is 5.69 Å². The van der Waals surface area contributed by atoms with Gasteiger partial charge in [-0.15, -0.1) is 0 Å².